The van der Waals surface area contributed by atoms with E-state index in [1.165, 1.54) is 12.0 Å². The molecule has 0 aliphatic heterocycles. The Morgan fingerprint density at radius 2 is 1.76 bits per heavy atom. The molecule has 0 aromatic heterocycles. The summed E-state index contributed by atoms with van der Waals surface area (Å²) in [6.07, 6.45) is 11.5. The van der Waals surface area contributed by atoms with Crippen LogP contribution in [0.5, 0.6) is 11.5 Å². The summed E-state index contributed by atoms with van der Waals surface area (Å²) < 4.78 is 11.1. The van der Waals surface area contributed by atoms with Crippen molar-refractivity contribution in [2.24, 2.45) is 11.3 Å². The lowest BCUT2D eigenvalue weighted by atomic mass is 9.64. The van der Waals surface area contributed by atoms with Crippen molar-refractivity contribution >= 4 is 11.8 Å². The van der Waals surface area contributed by atoms with Crippen molar-refractivity contribution < 1.29 is 29.3 Å². The third-order valence-electron chi connectivity index (χ3n) is 11.9. The zero-order valence-electron chi connectivity index (χ0n) is 31.2. The second-order valence-corrected chi connectivity index (χ2v) is 15.8. The highest BCUT2D eigenvalue weighted by Crippen LogP contribution is 2.59. The number of hydrogen-bond donors (Lipinski definition) is 3. The lowest BCUT2D eigenvalue weighted by Gasteiger charge is -2.46. The van der Waals surface area contributed by atoms with Crippen LogP contribution in [0.3, 0.4) is 0 Å². The smallest absolute Gasteiger partial charge is 0.317 e. The Morgan fingerprint density at radius 1 is 1.00 bits per heavy atom. The van der Waals surface area contributed by atoms with Gasteiger partial charge in [0, 0.05) is 34.6 Å². The van der Waals surface area contributed by atoms with E-state index in [2.05, 4.69) is 43.4 Å². The number of carbonyl (C=O) groups is 2. The Kier molecular flexibility index (Phi) is 12.4. The number of methoxy groups -OCH3 is 2. The van der Waals surface area contributed by atoms with E-state index in [0.29, 0.717) is 43.6 Å². The minimum atomic E-state index is -1.23. The number of hydrogen-bond acceptors (Lipinski definition) is 6. The van der Waals surface area contributed by atoms with Gasteiger partial charge in [0.25, 0.3) is 0 Å². The number of Topliss-reactive ketones (excluding diaryl/α,β-unsaturated/α-hetero) is 1. The molecule has 4 aliphatic rings. The molecule has 2 saturated carbocycles. The summed E-state index contributed by atoms with van der Waals surface area (Å²) in [5.74, 6) is 1.41. The maximum absolute atomic E-state index is 14.4. The number of amides is 2. The molecular formula is C42H60N2O6. The van der Waals surface area contributed by atoms with E-state index in [1.807, 2.05) is 32.0 Å². The predicted molar refractivity (Wildman–Crippen MR) is 198 cm³/mol. The number of ketones is 1. The quantitative estimate of drug-likeness (QED) is 0.181. The van der Waals surface area contributed by atoms with E-state index in [1.54, 1.807) is 19.1 Å². The standard InChI is InChI=1S/C42H60N2O6/c1-28(2)43-40(47)44(26-32-16-18-34(49-5)25-38(32)50-6)27-42(48)22-20-37-35-19-15-30(24-36(35)39(46)31-12-8-7-9-13-31)23-33(45)17-14-29(3)11-10-21-41(37,42)4/h11,15-16,18-19,24-25,28,31,33,37,45,48H,7-10,12-14,17,20-23,26-27H2,1-6H3,(H,43,47)/t33-,37-,41-,42+/m0/s1. The van der Waals surface area contributed by atoms with Crippen LogP contribution in [0.25, 0.3) is 0 Å². The van der Waals surface area contributed by atoms with Gasteiger partial charge in [0.2, 0.25) is 0 Å². The third kappa shape index (κ3) is 8.39. The van der Waals surface area contributed by atoms with Crippen LogP contribution in [0.4, 0.5) is 4.79 Å². The van der Waals surface area contributed by atoms with E-state index in [-0.39, 0.29) is 42.8 Å². The first-order valence-corrected chi connectivity index (χ1v) is 18.9. The number of rotatable bonds is 9. The summed E-state index contributed by atoms with van der Waals surface area (Å²) >= 11 is 0. The molecule has 274 valence electrons. The second kappa shape index (κ2) is 16.3. The molecule has 6 rings (SSSR count). The third-order valence-corrected chi connectivity index (χ3v) is 11.9. The minimum absolute atomic E-state index is 0.00776. The van der Waals surface area contributed by atoms with E-state index in [9.17, 15) is 19.8 Å². The Hall–Kier alpha value is -3.36. The molecule has 50 heavy (non-hydrogen) atoms. The first-order valence-electron chi connectivity index (χ1n) is 18.9. The van der Waals surface area contributed by atoms with Crippen molar-refractivity contribution in [3.05, 3.63) is 70.3 Å². The molecular weight excluding hydrogens is 628 g/mol. The molecule has 2 aromatic carbocycles. The molecule has 8 nitrogen and oxygen atoms in total. The molecule has 8 heteroatoms. The van der Waals surface area contributed by atoms with Crippen LogP contribution < -0.4 is 14.8 Å². The summed E-state index contributed by atoms with van der Waals surface area (Å²) in [4.78, 5) is 30.0. The number of benzene rings is 2. The Balaban J connectivity index is 1.57. The summed E-state index contributed by atoms with van der Waals surface area (Å²) in [6, 6.07) is 11.5. The molecule has 4 atom stereocenters. The monoisotopic (exact) mass is 688 g/mol. The molecule has 2 amide bonds. The molecule has 0 unspecified atom stereocenters. The van der Waals surface area contributed by atoms with Gasteiger partial charge >= 0.3 is 6.03 Å². The van der Waals surface area contributed by atoms with Gasteiger partial charge in [-0.15, -0.1) is 0 Å². The minimum Gasteiger partial charge on any atom is -0.497 e. The van der Waals surface area contributed by atoms with Gasteiger partial charge in [-0.1, -0.05) is 50.0 Å². The molecule has 0 saturated heterocycles. The number of carbonyl (C=O) groups excluding carboxylic acids is 2. The van der Waals surface area contributed by atoms with Crippen LogP contribution in [-0.2, 0) is 13.0 Å². The highest BCUT2D eigenvalue weighted by Gasteiger charge is 2.57. The van der Waals surface area contributed by atoms with Gasteiger partial charge in [0.15, 0.2) is 5.78 Å². The summed E-state index contributed by atoms with van der Waals surface area (Å²) in [6.45, 7) is 8.55. The topological polar surface area (TPSA) is 108 Å². The SMILES string of the molecule is COc1ccc(CN(C[C@]2(O)CC[C@H]3c4ccc(cc4C(=O)C4CCCCC4)C[C@@H](O)CCC(C)=CCC[C@@]32C)C(=O)NC(C)C)c(OC)c1. The maximum atomic E-state index is 14.4. The number of nitrogens with one attached hydrogen (secondary N) is 1. The highest BCUT2D eigenvalue weighted by molar-refractivity contribution is 5.99. The fraction of sp³-hybridized carbons (Fsp3) is 0.619. The number of ether oxygens (including phenoxy) is 2. The zero-order chi connectivity index (χ0) is 36.1. The van der Waals surface area contributed by atoms with Crippen LogP contribution in [0, 0.1) is 11.3 Å². The second-order valence-electron chi connectivity index (χ2n) is 15.8. The molecule has 4 aliphatic carbocycles. The Morgan fingerprint density at radius 3 is 2.46 bits per heavy atom. The molecule has 0 radical (unpaired) electrons. The number of allylic oxidation sites excluding steroid dienone is 2. The first-order chi connectivity index (χ1) is 23.9. The molecule has 0 spiro atoms. The van der Waals surface area contributed by atoms with E-state index in [4.69, 9.17) is 9.47 Å². The highest BCUT2D eigenvalue weighted by atomic mass is 16.5. The molecule has 2 bridgehead atoms. The van der Waals surface area contributed by atoms with Crippen molar-refractivity contribution in [2.75, 3.05) is 20.8 Å². The molecule has 2 fully saturated rings. The zero-order valence-corrected chi connectivity index (χ0v) is 31.2. The predicted octanol–water partition coefficient (Wildman–Crippen LogP) is 8.13. The van der Waals surface area contributed by atoms with Crippen LogP contribution >= 0.6 is 0 Å². The maximum Gasteiger partial charge on any atom is 0.317 e. The van der Waals surface area contributed by atoms with Crippen molar-refractivity contribution in [3.8, 4) is 11.5 Å². The van der Waals surface area contributed by atoms with Crippen LogP contribution in [0.1, 0.15) is 131 Å². The number of urea groups is 1. The first kappa shape index (κ1) is 37.9. The van der Waals surface area contributed by atoms with Gasteiger partial charge in [-0.05, 0) is 114 Å². The van der Waals surface area contributed by atoms with E-state index in [0.717, 1.165) is 60.8 Å². The van der Waals surface area contributed by atoms with Crippen LogP contribution in [0.15, 0.2) is 48.0 Å². The van der Waals surface area contributed by atoms with E-state index >= 15 is 0 Å². The van der Waals surface area contributed by atoms with Crippen molar-refractivity contribution in [3.63, 3.8) is 0 Å². The Labute approximate surface area is 299 Å². The average molecular weight is 689 g/mol. The van der Waals surface area contributed by atoms with Gasteiger partial charge < -0.3 is 29.9 Å². The number of aliphatic hydroxyl groups excluding tert-OH is 1. The van der Waals surface area contributed by atoms with Gasteiger partial charge in [-0.2, -0.15) is 0 Å². The summed E-state index contributed by atoms with van der Waals surface area (Å²) in [5.41, 5.74) is 2.93. The summed E-state index contributed by atoms with van der Waals surface area (Å²) in [5, 5.41) is 27.0. The molecule has 2 aromatic rings. The normalized spacial score (nSPS) is 26.1. The van der Waals surface area contributed by atoms with E-state index < -0.39 is 17.1 Å². The van der Waals surface area contributed by atoms with Gasteiger partial charge in [-0.3, -0.25) is 4.79 Å². The fourth-order valence-corrected chi connectivity index (χ4v) is 8.84. The van der Waals surface area contributed by atoms with Gasteiger partial charge in [0.05, 0.1) is 39.0 Å². The van der Waals surface area contributed by atoms with Crippen molar-refractivity contribution in [2.45, 2.75) is 135 Å². The number of fused-ring (bicyclic) bond motifs is 8. The van der Waals surface area contributed by atoms with Gasteiger partial charge in [0.1, 0.15) is 11.5 Å². The largest absolute Gasteiger partial charge is 0.497 e. The molecule has 3 N–H and O–H groups in total. The number of nitrogens with zero attached hydrogens (tertiary/aromatic N) is 1. The van der Waals surface area contributed by atoms with Gasteiger partial charge in [-0.25, -0.2) is 4.79 Å². The Bertz CT molecular complexity index is 1530. The van der Waals surface area contributed by atoms with Crippen LogP contribution in [-0.4, -0.2) is 65.4 Å². The van der Waals surface area contributed by atoms with Crippen molar-refractivity contribution in [1.29, 1.82) is 0 Å². The number of aliphatic hydroxyl groups is 2. The fourth-order valence-electron chi connectivity index (χ4n) is 8.84. The average Bonchev–Trinajstić information content (AvgIpc) is 3.35. The van der Waals surface area contributed by atoms with Crippen molar-refractivity contribution in [1.82, 2.24) is 10.2 Å². The lowest BCUT2D eigenvalue weighted by molar-refractivity contribution is -0.0781. The molecule has 0 heterocycles. The van der Waals surface area contributed by atoms with Crippen LogP contribution in [0.2, 0.25) is 0 Å². The lowest BCUT2D eigenvalue weighted by Crippen LogP contribution is -2.55. The summed E-state index contributed by atoms with van der Waals surface area (Å²) in [7, 11) is 3.22.